The Bertz CT molecular complexity index is 1110. The van der Waals surface area contributed by atoms with E-state index in [1.807, 2.05) is 60.7 Å². The van der Waals surface area contributed by atoms with Crippen molar-refractivity contribution in [2.45, 2.75) is 18.6 Å². The Hall–Kier alpha value is -3.51. The number of nitrogens with zero attached hydrogens (tertiary/aromatic N) is 1. The van der Waals surface area contributed by atoms with E-state index in [1.165, 1.54) is 0 Å². The molecule has 0 aliphatic carbocycles. The van der Waals surface area contributed by atoms with Gasteiger partial charge in [0.25, 0.3) is 0 Å². The lowest BCUT2D eigenvalue weighted by atomic mass is 9.93. The molecule has 2 N–H and O–H groups in total. The minimum absolute atomic E-state index is 0.112. The second-order valence-electron chi connectivity index (χ2n) is 7.27. The van der Waals surface area contributed by atoms with Crippen LogP contribution in [-0.4, -0.2) is 24.7 Å². The molecule has 6 heteroatoms. The fourth-order valence-corrected chi connectivity index (χ4v) is 3.99. The number of hydrogen-bond donors (Lipinski definition) is 2. The van der Waals surface area contributed by atoms with Gasteiger partial charge in [-0.25, -0.2) is 0 Å². The number of rotatable bonds is 4. The van der Waals surface area contributed by atoms with Crippen molar-refractivity contribution in [3.63, 3.8) is 0 Å². The maximum absolute atomic E-state index is 10.5. The smallest absolute Gasteiger partial charge is 0.231 e. The Kier molecular flexibility index (Phi) is 4.77. The highest BCUT2D eigenvalue weighted by atomic mass is 16.7. The third-order valence-corrected chi connectivity index (χ3v) is 5.49. The number of ether oxygens (including phenoxy) is 3. The number of phenols is 1. The van der Waals surface area contributed by atoms with E-state index in [1.54, 1.807) is 13.2 Å². The summed E-state index contributed by atoms with van der Waals surface area (Å²) in [5.74, 6) is 2.50. The Morgan fingerprint density at radius 2 is 1.73 bits per heavy atom. The zero-order valence-corrected chi connectivity index (χ0v) is 16.5. The molecule has 5 rings (SSSR count). The molecule has 0 fully saturated rings. The van der Waals surface area contributed by atoms with E-state index in [9.17, 15) is 5.11 Å². The summed E-state index contributed by atoms with van der Waals surface area (Å²) in [5, 5.41) is 14.0. The van der Waals surface area contributed by atoms with Crippen molar-refractivity contribution < 1.29 is 19.3 Å². The summed E-state index contributed by atoms with van der Waals surface area (Å²) in [6, 6.07) is 21.0. The standard InChI is InChI=1S/C24H22N2O4/c1-28-21-9-5-3-7-17(21)24-25-18(15-10-11-22-23(12-15)30-14-29-22)13-19(26-24)16-6-2-4-8-20(16)27/h2-12,19,24,26-27H,13-14H2,1H3/t19-,24+/m1/s1. The van der Waals surface area contributed by atoms with Crippen LogP contribution in [-0.2, 0) is 0 Å². The van der Waals surface area contributed by atoms with Crippen molar-refractivity contribution in [1.82, 2.24) is 5.32 Å². The number of para-hydroxylation sites is 2. The van der Waals surface area contributed by atoms with Crippen molar-refractivity contribution in [1.29, 1.82) is 0 Å². The highest BCUT2D eigenvalue weighted by Gasteiger charge is 2.29. The average Bonchev–Trinajstić information content (AvgIpc) is 3.27. The predicted octanol–water partition coefficient (Wildman–Crippen LogP) is 4.35. The van der Waals surface area contributed by atoms with E-state index >= 15 is 0 Å². The van der Waals surface area contributed by atoms with Crippen molar-refractivity contribution in [2.24, 2.45) is 4.99 Å². The number of hydrogen-bond acceptors (Lipinski definition) is 6. The van der Waals surface area contributed by atoms with Crippen molar-refractivity contribution >= 4 is 5.71 Å². The molecule has 0 spiro atoms. The summed E-state index contributed by atoms with van der Waals surface area (Å²) >= 11 is 0. The predicted molar refractivity (Wildman–Crippen MR) is 113 cm³/mol. The summed E-state index contributed by atoms with van der Waals surface area (Å²) in [6.45, 7) is 0.233. The first-order chi connectivity index (χ1) is 14.7. The fourth-order valence-electron chi connectivity index (χ4n) is 3.99. The topological polar surface area (TPSA) is 72.3 Å². The summed E-state index contributed by atoms with van der Waals surface area (Å²) in [6.07, 6.45) is 0.308. The molecule has 2 atom stereocenters. The van der Waals surface area contributed by atoms with Gasteiger partial charge in [-0.15, -0.1) is 0 Å². The van der Waals surface area contributed by atoms with Crippen molar-refractivity contribution in [2.75, 3.05) is 13.9 Å². The molecular weight excluding hydrogens is 380 g/mol. The molecule has 0 saturated carbocycles. The third-order valence-electron chi connectivity index (χ3n) is 5.49. The van der Waals surface area contributed by atoms with Gasteiger partial charge in [0.05, 0.1) is 7.11 Å². The minimum atomic E-state index is -0.320. The Labute approximate surface area is 174 Å². The number of aromatic hydroxyl groups is 1. The third kappa shape index (κ3) is 3.35. The first-order valence-corrected chi connectivity index (χ1v) is 9.86. The highest BCUT2D eigenvalue weighted by molar-refractivity contribution is 6.02. The van der Waals surface area contributed by atoms with E-state index in [2.05, 4.69) is 5.32 Å². The van der Waals surface area contributed by atoms with Gasteiger partial charge in [0, 0.05) is 29.3 Å². The maximum Gasteiger partial charge on any atom is 0.231 e. The molecular formula is C24H22N2O4. The van der Waals surface area contributed by atoms with E-state index in [0.29, 0.717) is 6.42 Å². The Morgan fingerprint density at radius 3 is 2.57 bits per heavy atom. The zero-order valence-electron chi connectivity index (χ0n) is 16.5. The van der Waals surface area contributed by atoms with Gasteiger partial charge in [0.1, 0.15) is 17.7 Å². The van der Waals surface area contributed by atoms with E-state index in [4.69, 9.17) is 19.2 Å². The molecule has 0 saturated heterocycles. The van der Waals surface area contributed by atoms with E-state index < -0.39 is 0 Å². The summed E-state index contributed by atoms with van der Waals surface area (Å²) in [7, 11) is 1.66. The second kappa shape index (κ2) is 7.72. The Morgan fingerprint density at radius 1 is 0.967 bits per heavy atom. The van der Waals surface area contributed by atoms with Crippen LogP contribution in [0.5, 0.6) is 23.0 Å². The monoisotopic (exact) mass is 402 g/mol. The quantitative estimate of drug-likeness (QED) is 0.679. The van der Waals surface area contributed by atoms with Gasteiger partial charge in [-0.2, -0.15) is 0 Å². The lowest BCUT2D eigenvalue weighted by Crippen LogP contribution is -2.33. The van der Waals surface area contributed by atoms with Gasteiger partial charge in [-0.3, -0.25) is 10.3 Å². The molecule has 2 heterocycles. The molecule has 2 aliphatic rings. The van der Waals surface area contributed by atoms with Crippen LogP contribution >= 0.6 is 0 Å². The van der Waals surface area contributed by atoms with Crippen LogP contribution in [0.15, 0.2) is 71.7 Å². The van der Waals surface area contributed by atoms with Gasteiger partial charge >= 0.3 is 0 Å². The van der Waals surface area contributed by atoms with E-state index in [-0.39, 0.29) is 24.8 Å². The molecule has 0 radical (unpaired) electrons. The van der Waals surface area contributed by atoms with Crippen molar-refractivity contribution in [3.8, 4) is 23.0 Å². The normalized spacial score (nSPS) is 20.0. The molecule has 3 aromatic carbocycles. The Balaban J connectivity index is 1.58. The van der Waals surface area contributed by atoms with Crippen LogP contribution in [0.4, 0.5) is 0 Å². The molecule has 0 bridgehead atoms. The van der Waals surface area contributed by atoms with Crippen LogP contribution in [0.1, 0.15) is 35.3 Å². The summed E-state index contributed by atoms with van der Waals surface area (Å²) in [4.78, 5) is 5.01. The lowest BCUT2D eigenvalue weighted by molar-refractivity contribution is 0.174. The molecule has 30 heavy (non-hydrogen) atoms. The summed E-state index contributed by atoms with van der Waals surface area (Å²) in [5.41, 5.74) is 3.68. The first kappa shape index (κ1) is 18.5. The summed E-state index contributed by atoms with van der Waals surface area (Å²) < 4.78 is 16.6. The molecule has 2 aliphatic heterocycles. The number of methoxy groups -OCH3 is 1. The fraction of sp³-hybridized carbons (Fsp3) is 0.208. The average molecular weight is 402 g/mol. The zero-order chi connectivity index (χ0) is 20.5. The molecule has 3 aromatic rings. The molecule has 0 unspecified atom stereocenters. The molecule has 152 valence electrons. The van der Waals surface area contributed by atoms with Crippen LogP contribution in [0.3, 0.4) is 0 Å². The molecule has 0 aromatic heterocycles. The van der Waals surface area contributed by atoms with Crippen LogP contribution in [0, 0.1) is 0 Å². The number of phenolic OH excluding ortho intramolecular Hbond substituents is 1. The van der Waals surface area contributed by atoms with Gasteiger partial charge in [-0.05, 0) is 35.9 Å². The van der Waals surface area contributed by atoms with Gasteiger partial charge in [-0.1, -0.05) is 36.4 Å². The van der Waals surface area contributed by atoms with Gasteiger partial charge in [0.15, 0.2) is 11.5 Å². The molecule has 0 amide bonds. The van der Waals surface area contributed by atoms with Crippen LogP contribution in [0.25, 0.3) is 0 Å². The van der Waals surface area contributed by atoms with E-state index in [0.717, 1.165) is 39.7 Å². The number of nitrogens with one attached hydrogen (secondary N) is 1. The van der Waals surface area contributed by atoms with Gasteiger partial charge in [0.2, 0.25) is 6.79 Å². The number of fused-ring (bicyclic) bond motifs is 1. The van der Waals surface area contributed by atoms with Crippen molar-refractivity contribution in [3.05, 3.63) is 83.4 Å². The lowest BCUT2D eigenvalue weighted by Gasteiger charge is -2.31. The highest BCUT2D eigenvalue weighted by Crippen LogP contribution is 2.38. The maximum atomic E-state index is 10.5. The first-order valence-electron chi connectivity index (χ1n) is 9.86. The second-order valence-corrected chi connectivity index (χ2v) is 7.27. The number of benzene rings is 3. The van der Waals surface area contributed by atoms with Crippen LogP contribution in [0.2, 0.25) is 0 Å². The van der Waals surface area contributed by atoms with Crippen LogP contribution < -0.4 is 19.5 Å². The SMILES string of the molecule is COc1ccccc1[C@H]1N=C(c2ccc3c(c2)OCO3)C[C@H](c2ccccc2O)N1. The van der Waals surface area contributed by atoms with Gasteiger partial charge < -0.3 is 19.3 Å². The largest absolute Gasteiger partial charge is 0.508 e. The molecule has 6 nitrogen and oxygen atoms in total. The minimum Gasteiger partial charge on any atom is -0.508 e. The number of aliphatic imine (C=N–C) groups is 1.